The van der Waals surface area contributed by atoms with Gasteiger partial charge in [0.25, 0.3) is 0 Å². The predicted octanol–water partition coefficient (Wildman–Crippen LogP) is 1.49. The molecular formula is C5H9BrO2. The summed E-state index contributed by atoms with van der Waals surface area (Å²) in [5, 5.41) is 8.96. The van der Waals surface area contributed by atoms with Crippen molar-refractivity contribution < 1.29 is 9.90 Å². The van der Waals surface area contributed by atoms with Gasteiger partial charge in [-0.25, -0.2) is 0 Å². The molecule has 0 radical (unpaired) electrons. The van der Waals surface area contributed by atoms with Crippen molar-refractivity contribution in [2.24, 2.45) is 5.92 Å². The predicted molar refractivity (Wildman–Crippen MR) is 35.2 cm³/mol. The summed E-state index contributed by atoms with van der Waals surface area (Å²) < 4.78 is 0. The van der Waals surface area contributed by atoms with Gasteiger partial charge in [-0.15, -0.1) is 0 Å². The second-order valence-corrected chi connectivity index (χ2v) is 2.50. The Morgan fingerprint density at radius 3 is 2.50 bits per heavy atom. The van der Waals surface area contributed by atoms with Crippen LogP contribution in [0.15, 0.2) is 0 Å². The van der Waals surface area contributed by atoms with Crippen molar-refractivity contribution in [1.82, 2.24) is 0 Å². The zero-order chi connectivity index (χ0) is 6.57. The highest BCUT2D eigenvalue weighted by Gasteiger charge is 2.03. The lowest BCUT2D eigenvalue weighted by Crippen LogP contribution is -2.04. The average Bonchev–Trinajstić information content (AvgIpc) is 1.65. The van der Waals surface area contributed by atoms with Crippen LogP contribution in [0.3, 0.4) is 0 Å². The van der Waals surface area contributed by atoms with Crippen molar-refractivity contribution in [2.75, 3.05) is 5.33 Å². The largest absolute Gasteiger partial charge is 0.481 e. The molecule has 0 aromatic carbocycles. The number of aliphatic carboxylic acids is 1. The molecule has 0 aliphatic rings. The maximum absolute atomic E-state index is 9.95. The standard InChI is InChI=1S/C5H9BrO2/c1-4(3-6)2-5(7)8/h4H,2-3H2,1H3,(H,7,8)/t4-/m0/s1. The van der Waals surface area contributed by atoms with Crippen molar-refractivity contribution in [1.29, 1.82) is 0 Å². The number of carboxylic acids is 1. The molecule has 0 heterocycles. The average molecular weight is 181 g/mol. The van der Waals surface area contributed by atoms with Crippen molar-refractivity contribution >= 4 is 21.9 Å². The summed E-state index contributed by atoms with van der Waals surface area (Å²) in [5.41, 5.74) is 0. The monoisotopic (exact) mass is 180 g/mol. The molecule has 0 unspecified atom stereocenters. The van der Waals surface area contributed by atoms with Gasteiger partial charge in [-0.05, 0) is 5.92 Å². The van der Waals surface area contributed by atoms with Crippen LogP contribution in [0.4, 0.5) is 0 Å². The third-order valence-corrected chi connectivity index (χ3v) is 1.89. The molecule has 8 heavy (non-hydrogen) atoms. The first-order chi connectivity index (χ1) is 3.66. The van der Waals surface area contributed by atoms with E-state index in [0.29, 0.717) is 0 Å². The highest BCUT2D eigenvalue weighted by Crippen LogP contribution is 2.03. The van der Waals surface area contributed by atoms with Crippen LogP contribution in [-0.2, 0) is 4.79 Å². The Bertz CT molecular complexity index is 82.5. The van der Waals surface area contributed by atoms with E-state index in [9.17, 15) is 4.79 Å². The zero-order valence-electron chi connectivity index (χ0n) is 4.72. The maximum Gasteiger partial charge on any atom is 0.303 e. The topological polar surface area (TPSA) is 37.3 Å². The quantitative estimate of drug-likeness (QED) is 0.669. The van der Waals surface area contributed by atoms with E-state index in [1.165, 1.54) is 0 Å². The summed E-state index contributed by atoms with van der Waals surface area (Å²) in [5.74, 6) is -0.482. The van der Waals surface area contributed by atoms with Crippen LogP contribution < -0.4 is 0 Å². The first-order valence-electron chi connectivity index (χ1n) is 2.44. The minimum absolute atomic E-state index is 0.243. The molecule has 0 rings (SSSR count). The lowest BCUT2D eigenvalue weighted by molar-refractivity contribution is -0.137. The fraction of sp³-hybridized carbons (Fsp3) is 0.800. The molecule has 0 saturated carbocycles. The molecule has 48 valence electrons. The van der Waals surface area contributed by atoms with Crippen molar-refractivity contribution in [3.63, 3.8) is 0 Å². The Balaban J connectivity index is 3.24. The summed E-state index contributed by atoms with van der Waals surface area (Å²) in [7, 11) is 0. The number of carboxylic acid groups (broad SMARTS) is 1. The summed E-state index contributed by atoms with van der Waals surface area (Å²) in [6.45, 7) is 1.89. The van der Waals surface area contributed by atoms with Crippen LogP contribution in [0.1, 0.15) is 13.3 Å². The minimum Gasteiger partial charge on any atom is -0.481 e. The second-order valence-electron chi connectivity index (χ2n) is 1.86. The minimum atomic E-state index is -0.725. The van der Waals surface area contributed by atoms with Gasteiger partial charge < -0.3 is 5.11 Å². The van der Waals surface area contributed by atoms with Gasteiger partial charge in [-0.1, -0.05) is 22.9 Å². The molecule has 0 aromatic rings. The second kappa shape index (κ2) is 3.89. The number of alkyl halides is 1. The van der Waals surface area contributed by atoms with Crippen molar-refractivity contribution in [2.45, 2.75) is 13.3 Å². The van der Waals surface area contributed by atoms with Gasteiger partial charge in [-0.3, -0.25) is 4.79 Å². The van der Waals surface area contributed by atoms with E-state index in [-0.39, 0.29) is 12.3 Å². The molecule has 0 amide bonds. The maximum atomic E-state index is 9.95. The molecule has 3 heteroatoms. The van der Waals surface area contributed by atoms with Crippen LogP contribution in [0.5, 0.6) is 0 Å². The van der Waals surface area contributed by atoms with Gasteiger partial charge in [0.15, 0.2) is 0 Å². The van der Waals surface area contributed by atoms with Gasteiger partial charge >= 0.3 is 5.97 Å². The van der Waals surface area contributed by atoms with Crippen LogP contribution in [0.2, 0.25) is 0 Å². The van der Waals surface area contributed by atoms with Crippen molar-refractivity contribution in [3.05, 3.63) is 0 Å². The molecule has 1 N–H and O–H groups in total. The first kappa shape index (κ1) is 7.95. The highest BCUT2D eigenvalue weighted by atomic mass is 79.9. The van der Waals surface area contributed by atoms with Crippen LogP contribution >= 0.6 is 15.9 Å². The highest BCUT2D eigenvalue weighted by molar-refractivity contribution is 9.09. The zero-order valence-corrected chi connectivity index (χ0v) is 6.31. The van der Waals surface area contributed by atoms with Gasteiger partial charge in [0, 0.05) is 11.8 Å². The van der Waals surface area contributed by atoms with Gasteiger partial charge in [0.2, 0.25) is 0 Å². The number of halogens is 1. The summed E-state index contributed by atoms with van der Waals surface area (Å²) in [6, 6.07) is 0. The lowest BCUT2D eigenvalue weighted by atomic mass is 10.1. The van der Waals surface area contributed by atoms with Gasteiger partial charge in [0.1, 0.15) is 0 Å². The molecular weight excluding hydrogens is 172 g/mol. The van der Waals surface area contributed by atoms with Crippen LogP contribution in [0.25, 0.3) is 0 Å². The molecule has 0 saturated heterocycles. The Morgan fingerprint density at radius 1 is 1.88 bits per heavy atom. The normalized spacial score (nSPS) is 13.2. The molecule has 1 atom stereocenters. The van der Waals surface area contributed by atoms with E-state index in [1.54, 1.807) is 0 Å². The molecule has 0 bridgehead atoms. The van der Waals surface area contributed by atoms with Crippen LogP contribution in [0, 0.1) is 5.92 Å². The molecule has 0 aliphatic carbocycles. The number of hydrogen-bond acceptors (Lipinski definition) is 1. The number of carbonyl (C=O) groups is 1. The van der Waals surface area contributed by atoms with Gasteiger partial charge in [0.05, 0.1) is 0 Å². The third-order valence-electron chi connectivity index (χ3n) is 0.786. The first-order valence-corrected chi connectivity index (χ1v) is 3.56. The Morgan fingerprint density at radius 2 is 2.38 bits per heavy atom. The smallest absolute Gasteiger partial charge is 0.303 e. The molecule has 2 nitrogen and oxygen atoms in total. The van der Waals surface area contributed by atoms with Crippen LogP contribution in [-0.4, -0.2) is 16.4 Å². The Hall–Kier alpha value is -0.0500. The van der Waals surface area contributed by atoms with E-state index in [2.05, 4.69) is 15.9 Å². The summed E-state index contributed by atoms with van der Waals surface area (Å²) >= 11 is 3.18. The Kier molecular flexibility index (Phi) is 3.87. The fourth-order valence-corrected chi connectivity index (χ4v) is 0.582. The van der Waals surface area contributed by atoms with E-state index in [0.717, 1.165) is 5.33 Å². The van der Waals surface area contributed by atoms with Gasteiger partial charge in [-0.2, -0.15) is 0 Å². The SMILES string of the molecule is C[C@H](CBr)CC(=O)O. The molecule has 0 aromatic heterocycles. The van der Waals surface area contributed by atoms with E-state index in [1.807, 2.05) is 6.92 Å². The molecule has 0 fully saturated rings. The van der Waals surface area contributed by atoms with E-state index in [4.69, 9.17) is 5.11 Å². The molecule has 0 spiro atoms. The lowest BCUT2D eigenvalue weighted by Gasteiger charge is -1.99. The van der Waals surface area contributed by atoms with Crippen molar-refractivity contribution in [3.8, 4) is 0 Å². The molecule has 0 aliphatic heterocycles. The third kappa shape index (κ3) is 4.12. The number of hydrogen-bond donors (Lipinski definition) is 1. The Labute approximate surface area is 57.0 Å². The summed E-state index contributed by atoms with van der Waals surface area (Å²) in [6.07, 6.45) is 0.255. The number of rotatable bonds is 3. The van der Waals surface area contributed by atoms with E-state index < -0.39 is 5.97 Å². The van der Waals surface area contributed by atoms with E-state index >= 15 is 0 Å². The summed E-state index contributed by atoms with van der Waals surface area (Å²) in [4.78, 5) is 9.95. The fourth-order valence-electron chi connectivity index (χ4n) is 0.353.